The lowest BCUT2D eigenvalue weighted by Crippen LogP contribution is -2.12. The molecule has 0 saturated heterocycles. The molecule has 0 aliphatic rings. The molecular weight excluding hydrogens is 336 g/mol. The van der Waals surface area contributed by atoms with Crippen LogP contribution in [0, 0.1) is 11.3 Å². The van der Waals surface area contributed by atoms with Crippen LogP contribution >= 0.6 is 27.5 Å². The van der Waals surface area contributed by atoms with Gasteiger partial charge in [-0.15, -0.1) is 0 Å². The van der Waals surface area contributed by atoms with Gasteiger partial charge >= 0.3 is 6.18 Å². The van der Waals surface area contributed by atoms with Gasteiger partial charge in [-0.1, -0.05) is 11.6 Å². The van der Waals surface area contributed by atoms with Gasteiger partial charge in [0.25, 0.3) is 0 Å². The van der Waals surface area contributed by atoms with Gasteiger partial charge in [0.1, 0.15) is 6.42 Å². The van der Waals surface area contributed by atoms with Gasteiger partial charge in [-0.25, -0.2) is 0 Å². The predicted molar refractivity (Wildman–Crippen MR) is 63.0 cm³/mol. The fourth-order valence-electron chi connectivity index (χ4n) is 1.11. The van der Waals surface area contributed by atoms with E-state index in [-0.39, 0.29) is 15.2 Å². The maximum Gasteiger partial charge on any atom is 0.416 e. The second-order valence-corrected chi connectivity index (χ2v) is 4.46. The van der Waals surface area contributed by atoms with Gasteiger partial charge in [0.2, 0.25) is 5.91 Å². The zero-order valence-corrected chi connectivity index (χ0v) is 10.9. The number of benzene rings is 1. The number of nitrogens with zero attached hydrogens (tertiary/aromatic N) is 1. The monoisotopic (exact) mass is 340 g/mol. The first-order valence-electron chi connectivity index (χ1n) is 4.48. The molecule has 0 fully saturated rings. The maximum absolute atomic E-state index is 12.5. The Morgan fingerprint density at radius 3 is 2.56 bits per heavy atom. The summed E-state index contributed by atoms with van der Waals surface area (Å²) >= 11 is 8.55. The lowest BCUT2D eigenvalue weighted by molar-refractivity contribution is -0.137. The topological polar surface area (TPSA) is 52.9 Å². The van der Waals surface area contributed by atoms with Gasteiger partial charge in [0.15, 0.2) is 0 Å². The Labute approximate surface area is 114 Å². The fraction of sp³-hybridized carbons (Fsp3) is 0.200. The number of carbonyl (C=O) groups is 1. The number of alkyl halides is 3. The molecule has 1 amide bonds. The lowest BCUT2D eigenvalue weighted by Gasteiger charge is -2.12. The van der Waals surface area contributed by atoms with Crippen LogP contribution in [-0.4, -0.2) is 5.91 Å². The summed E-state index contributed by atoms with van der Waals surface area (Å²) in [5, 5.41) is 10.3. The van der Waals surface area contributed by atoms with Gasteiger partial charge in [-0.3, -0.25) is 4.79 Å². The van der Waals surface area contributed by atoms with Gasteiger partial charge in [-0.2, -0.15) is 18.4 Å². The molecule has 0 radical (unpaired) electrons. The SMILES string of the molecule is N#CCC(=O)Nc1c(Cl)cc(C(F)(F)F)cc1Br. The number of nitrogens with one attached hydrogen (secondary N) is 1. The molecule has 1 aromatic carbocycles. The van der Waals surface area contributed by atoms with Gasteiger partial charge in [0.05, 0.1) is 22.3 Å². The standard InChI is InChI=1S/C10H5BrClF3N2O/c11-6-3-5(10(13,14)15)4-7(12)9(6)17-8(18)1-2-16/h3-4H,1H2,(H,17,18). The van der Waals surface area contributed by atoms with Crippen LogP contribution in [0.4, 0.5) is 18.9 Å². The summed E-state index contributed by atoms with van der Waals surface area (Å²) in [6, 6.07) is 3.11. The van der Waals surface area contributed by atoms with Gasteiger partial charge in [0, 0.05) is 4.47 Å². The molecule has 8 heteroatoms. The van der Waals surface area contributed by atoms with E-state index in [0.717, 1.165) is 6.07 Å². The molecule has 0 aliphatic heterocycles. The van der Waals surface area contributed by atoms with Crippen molar-refractivity contribution in [3.63, 3.8) is 0 Å². The average Bonchev–Trinajstić information content (AvgIpc) is 2.22. The highest BCUT2D eigenvalue weighted by molar-refractivity contribution is 9.10. The molecule has 0 atom stereocenters. The Balaban J connectivity index is 3.10. The molecule has 1 rings (SSSR count). The zero-order valence-electron chi connectivity index (χ0n) is 8.61. The van der Waals surface area contributed by atoms with Crippen LogP contribution in [0.15, 0.2) is 16.6 Å². The first-order valence-corrected chi connectivity index (χ1v) is 5.66. The summed E-state index contributed by atoms with van der Waals surface area (Å²) in [6.07, 6.45) is -4.94. The van der Waals surface area contributed by atoms with Crippen molar-refractivity contribution < 1.29 is 18.0 Å². The van der Waals surface area contributed by atoms with E-state index in [1.54, 1.807) is 6.07 Å². The largest absolute Gasteiger partial charge is 0.416 e. The van der Waals surface area contributed by atoms with Crippen LogP contribution in [0.2, 0.25) is 5.02 Å². The smallest absolute Gasteiger partial charge is 0.323 e. The highest BCUT2D eigenvalue weighted by atomic mass is 79.9. The molecule has 3 nitrogen and oxygen atoms in total. The average molecular weight is 342 g/mol. The van der Waals surface area contributed by atoms with E-state index in [9.17, 15) is 18.0 Å². The molecule has 18 heavy (non-hydrogen) atoms. The second kappa shape index (κ2) is 5.59. The van der Waals surface area contributed by atoms with E-state index < -0.39 is 24.1 Å². The maximum atomic E-state index is 12.5. The number of halogens is 5. The van der Waals surface area contributed by atoms with Crippen LogP contribution in [0.3, 0.4) is 0 Å². The Morgan fingerprint density at radius 1 is 1.50 bits per heavy atom. The molecule has 1 aromatic rings. The van der Waals surface area contributed by atoms with Crippen molar-refractivity contribution in [1.82, 2.24) is 0 Å². The quantitative estimate of drug-likeness (QED) is 0.885. The van der Waals surface area contributed by atoms with Crippen molar-refractivity contribution in [2.45, 2.75) is 12.6 Å². The molecule has 0 bridgehead atoms. The number of amides is 1. The highest BCUT2D eigenvalue weighted by Crippen LogP contribution is 2.38. The minimum absolute atomic E-state index is 0.00455. The third-order valence-electron chi connectivity index (χ3n) is 1.87. The molecule has 1 N–H and O–H groups in total. The van der Waals surface area contributed by atoms with E-state index in [1.165, 1.54) is 0 Å². The lowest BCUT2D eigenvalue weighted by atomic mass is 10.2. The second-order valence-electron chi connectivity index (χ2n) is 3.20. The normalized spacial score (nSPS) is 10.9. The number of anilines is 1. The molecule has 96 valence electrons. The van der Waals surface area contributed by atoms with Crippen LogP contribution in [0.1, 0.15) is 12.0 Å². The fourth-order valence-corrected chi connectivity index (χ4v) is 2.05. The summed E-state index contributed by atoms with van der Waals surface area (Å²) in [4.78, 5) is 11.2. The Hall–Kier alpha value is -1.26. The summed E-state index contributed by atoms with van der Waals surface area (Å²) in [5.74, 6) is -0.653. The van der Waals surface area contributed by atoms with E-state index in [2.05, 4.69) is 21.2 Å². The Kier molecular flexibility index (Phi) is 4.59. The minimum Gasteiger partial charge on any atom is -0.323 e. The third kappa shape index (κ3) is 3.62. The first-order chi connectivity index (χ1) is 8.25. The summed E-state index contributed by atoms with van der Waals surface area (Å²) in [5.41, 5.74) is -0.928. The van der Waals surface area contributed by atoms with Crippen molar-refractivity contribution in [1.29, 1.82) is 5.26 Å². The molecule has 0 heterocycles. The van der Waals surface area contributed by atoms with Crippen molar-refractivity contribution in [3.05, 3.63) is 27.2 Å². The third-order valence-corrected chi connectivity index (χ3v) is 2.80. The van der Waals surface area contributed by atoms with E-state index in [4.69, 9.17) is 16.9 Å². The van der Waals surface area contributed by atoms with E-state index >= 15 is 0 Å². The van der Waals surface area contributed by atoms with Crippen LogP contribution in [0.5, 0.6) is 0 Å². The predicted octanol–water partition coefficient (Wildman–Crippen LogP) is 3.97. The van der Waals surface area contributed by atoms with Crippen LogP contribution in [0.25, 0.3) is 0 Å². The Morgan fingerprint density at radius 2 is 2.11 bits per heavy atom. The van der Waals surface area contributed by atoms with E-state index in [0.29, 0.717) is 6.07 Å². The van der Waals surface area contributed by atoms with Crippen molar-refractivity contribution in [2.24, 2.45) is 0 Å². The van der Waals surface area contributed by atoms with Gasteiger partial charge < -0.3 is 5.32 Å². The number of hydrogen-bond donors (Lipinski definition) is 1. The first kappa shape index (κ1) is 14.8. The molecule has 0 aliphatic carbocycles. The highest BCUT2D eigenvalue weighted by Gasteiger charge is 2.32. The van der Waals surface area contributed by atoms with Crippen molar-refractivity contribution >= 4 is 39.1 Å². The van der Waals surface area contributed by atoms with Crippen molar-refractivity contribution in [2.75, 3.05) is 5.32 Å². The number of carbonyl (C=O) groups excluding carboxylic acids is 1. The minimum atomic E-state index is -4.53. The number of rotatable bonds is 2. The molecule has 0 spiro atoms. The number of nitriles is 1. The van der Waals surface area contributed by atoms with E-state index in [1.807, 2.05) is 0 Å². The summed E-state index contributed by atoms with van der Waals surface area (Å²) < 4.78 is 37.4. The van der Waals surface area contributed by atoms with Gasteiger partial charge in [-0.05, 0) is 28.1 Å². The van der Waals surface area contributed by atoms with Crippen LogP contribution in [-0.2, 0) is 11.0 Å². The van der Waals surface area contributed by atoms with Crippen LogP contribution < -0.4 is 5.32 Å². The van der Waals surface area contributed by atoms with Crippen molar-refractivity contribution in [3.8, 4) is 6.07 Å². The number of hydrogen-bond acceptors (Lipinski definition) is 2. The molecule has 0 saturated carbocycles. The summed E-state index contributed by atoms with van der Waals surface area (Å²) in [6.45, 7) is 0. The molecule has 0 aromatic heterocycles. The molecular formula is C10H5BrClF3N2O. The Bertz CT molecular complexity index is 502. The summed E-state index contributed by atoms with van der Waals surface area (Å²) in [7, 11) is 0. The molecule has 0 unspecified atom stereocenters. The zero-order chi connectivity index (χ0) is 13.9.